The van der Waals surface area contributed by atoms with E-state index < -0.39 is 12.1 Å². The van der Waals surface area contributed by atoms with Crippen LogP contribution in [0.1, 0.15) is 17.3 Å². The van der Waals surface area contributed by atoms with Crippen molar-refractivity contribution in [2.45, 2.75) is 13.0 Å². The molecule has 1 amide bonds. The Hall–Kier alpha value is -1.91. The van der Waals surface area contributed by atoms with Crippen LogP contribution in [0.2, 0.25) is 0 Å². The number of rotatable bonds is 3. The van der Waals surface area contributed by atoms with Crippen LogP contribution in [0.25, 0.3) is 0 Å². The van der Waals surface area contributed by atoms with Crippen molar-refractivity contribution in [2.75, 3.05) is 0 Å². The molecule has 0 saturated carbocycles. The predicted octanol–water partition coefficient (Wildman–Crippen LogP) is 0.920. The number of ketones is 1. The predicted molar refractivity (Wildman–Crippen MR) is 49.2 cm³/mol. The fourth-order valence-electron chi connectivity index (χ4n) is 1.02. The zero-order valence-corrected chi connectivity index (χ0v) is 7.60. The molecule has 1 aromatic heterocycles. The second-order valence-corrected chi connectivity index (χ2v) is 2.77. The van der Waals surface area contributed by atoms with Crippen LogP contribution in [0.5, 0.6) is 0 Å². The molecule has 0 spiro atoms. The highest BCUT2D eigenvalue weighted by Crippen LogP contribution is 2.01. The summed E-state index contributed by atoms with van der Waals surface area (Å²) in [5.41, 5.74) is 0.446. The first kappa shape index (κ1) is 10.2. The Labute approximate surface area is 80.8 Å². The molecule has 5 heteroatoms. The number of nitrogens with zero attached hydrogens (tertiary/aromatic N) is 1. The third-order valence-corrected chi connectivity index (χ3v) is 1.70. The first-order chi connectivity index (χ1) is 6.61. The van der Waals surface area contributed by atoms with Crippen LogP contribution >= 0.6 is 0 Å². The number of pyridine rings is 1. The molecule has 5 nitrogen and oxygen atoms in total. The quantitative estimate of drug-likeness (QED) is 0.701. The van der Waals surface area contributed by atoms with E-state index in [4.69, 9.17) is 5.11 Å². The lowest BCUT2D eigenvalue weighted by Gasteiger charge is -2.09. The SMILES string of the molecule is C[C@@H](NC(=O)O)C(=O)c1ccncc1. The van der Waals surface area contributed by atoms with Crippen molar-refractivity contribution in [3.8, 4) is 0 Å². The fraction of sp³-hybridized carbons (Fsp3) is 0.222. The highest BCUT2D eigenvalue weighted by Gasteiger charge is 2.16. The van der Waals surface area contributed by atoms with E-state index in [9.17, 15) is 9.59 Å². The summed E-state index contributed by atoms with van der Waals surface area (Å²) in [6, 6.07) is 2.35. The van der Waals surface area contributed by atoms with E-state index in [0.717, 1.165) is 0 Å². The summed E-state index contributed by atoms with van der Waals surface area (Å²) in [5.74, 6) is -0.269. The Morgan fingerprint density at radius 1 is 1.43 bits per heavy atom. The number of nitrogens with one attached hydrogen (secondary N) is 1. The molecule has 14 heavy (non-hydrogen) atoms. The minimum atomic E-state index is -1.21. The average molecular weight is 194 g/mol. The summed E-state index contributed by atoms with van der Waals surface area (Å²) in [5, 5.41) is 10.5. The third kappa shape index (κ3) is 2.55. The van der Waals surface area contributed by atoms with E-state index in [-0.39, 0.29) is 5.78 Å². The smallest absolute Gasteiger partial charge is 0.405 e. The van der Waals surface area contributed by atoms with Gasteiger partial charge in [-0.05, 0) is 19.1 Å². The number of hydrogen-bond donors (Lipinski definition) is 2. The Morgan fingerprint density at radius 2 is 2.00 bits per heavy atom. The van der Waals surface area contributed by atoms with Crippen molar-refractivity contribution in [1.82, 2.24) is 10.3 Å². The number of aromatic nitrogens is 1. The molecule has 74 valence electrons. The molecule has 0 aliphatic rings. The lowest BCUT2D eigenvalue weighted by molar-refractivity contribution is 0.0945. The Morgan fingerprint density at radius 3 is 2.50 bits per heavy atom. The van der Waals surface area contributed by atoms with Crippen LogP contribution in [0.4, 0.5) is 4.79 Å². The minimum Gasteiger partial charge on any atom is -0.465 e. The molecule has 0 fully saturated rings. The van der Waals surface area contributed by atoms with Gasteiger partial charge in [0.25, 0.3) is 0 Å². The summed E-state index contributed by atoms with van der Waals surface area (Å²) in [4.78, 5) is 25.6. The largest absolute Gasteiger partial charge is 0.465 e. The van der Waals surface area contributed by atoms with Gasteiger partial charge in [0.1, 0.15) is 0 Å². The monoisotopic (exact) mass is 194 g/mol. The first-order valence-electron chi connectivity index (χ1n) is 4.05. The highest BCUT2D eigenvalue weighted by molar-refractivity contribution is 6.00. The van der Waals surface area contributed by atoms with Gasteiger partial charge in [-0.1, -0.05) is 0 Å². The molecule has 0 unspecified atom stereocenters. The van der Waals surface area contributed by atoms with E-state index in [1.54, 1.807) is 12.1 Å². The van der Waals surface area contributed by atoms with E-state index in [1.165, 1.54) is 19.3 Å². The van der Waals surface area contributed by atoms with Crippen molar-refractivity contribution >= 4 is 11.9 Å². The molecule has 0 saturated heterocycles. The lowest BCUT2D eigenvalue weighted by Crippen LogP contribution is -2.37. The molecule has 1 atom stereocenters. The summed E-state index contributed by atoms with van der Waals surface area (Å²) in [6.07, 6.45) is 1.77. The summed E-state index contributed by atoms with van der Waals surface area (Å²) in [7, 11) is 0. The third-order valence-electron chi connectivity index (χ3n) is 1.70. The fourth-order valence-corrected chi connectivity index (χ4v) is 1.02. The summed E-state index contributed by atoms with van der Waals surface area (Å²) in [6.45, 7) is 1.50. The van der Waals surface area contributed by atoms with Crippen LogP contribution < -0.4 is 5.32 Å². The maximum Gasteiger partial charge on any atom is 0.405 e. The van der Waals surface area contributed by atoms with Gasteiger partial charge in [0.2, 0.25) is 0 Å². The normalized spacial score (nSPS) is 11.8. The zero-order valence-electron chi connectivity index (χ0n) is 7.60. The summed E-state index contributed by atoms with van der Waals surface area (Å²) >= 11 is 0. The number of carbonyl (C=O) groups excluding carboxylic acids is 1. The van der Waals surface area contributed by atoms with Crippen LogP contribution in [-0.4, -0.2) is 28.0 Å². The molecule has 0 aliphatic heterocycles. The summed E-state index contributed by atoms with van der Waals surface area (Å²) < 4.78 is 0. The van der Waals surface area contributed by atoms with Crippen LogP contribution in [0, 0.1) is 0 Å². The van der Waals surface area contributed by atoms with E-state index in [2.05, 4.69) is 10.3 Å². The van der Waals surface area contributed by atoms with Crippen LogP contribution in [0.3, 0.4) is 0 Å². The molecule has 0 radical (unpaired) electrons. The highest BCUT2D eigenvalue weighted by atomic mass is 16.4. The van der Waals surface area contributed by atoms with Gasteiger partial charge in [0, 0.05) is 18.0 Å². The van der Waals surface area contributed by atoms with Crippen molar-refractivity contribution < 1.29 is 14.7 Å². The standard InChI is InChI=1S/C9H10N2O3/c1-6(11-9(13)14)8(12)7-2-4-10-5-3-7/h2-6,11H,1H3,(H,13,14)/t6-/m1/s1. The molecule has 1 aromatic rings. The topological polar surface area (TPSA) is 79.3 Å². The van der Waals surface area contributed by atoms with E-state index in [0.29, 0.717) is 5.56 Å². The van der Waals surface area contributed by atoms with Gasteiger partial charge in [0.05, 0.1) is 6.04 Å². The van der Waals surface area contributed by atoms with Crippen molar-refractivity contribution in [3.63, 3.8) is 0 Å². The molecule has 0 bridgehead atoms. The van der Waals surface area contributed by atoms with Crippen LogP contribution in [-0.2, 0) is 0 Å². The van der Waals surface area contributed by atoms with Gasteiger partial charge in [-0.15, -0.1) is 0 Å². The van der Waals surface area contributed by atoms with Gasteiger partial charge < -0.3 is 10.4 Å². The maximum atomic E-state index is 11.5. The first-order valence-corrected chi connectivity index (χ1v) is 4.05. The number of carbonyl (C=O) groups is 2. The number of amides is 1. The number of carboxylic acid groups (broad SMARTS) is 1. The second-order valence-electron chi connectivity index (χ2n) is 2.77. The van der Waals surface area contributed by atoms with Gasteiger partial charge in [-0.2, -0.15) is 0 Å². The molecule has 0 aromatic carbocycles. The minimum absolute atomic E-state index is 0.269. The lowest BCUT2D eigenvalue weighted by atomic mass is 10.1. The molecule has 1 heterocycles. The number of Topliss-reactive ketones (excluding diaryl/α,β-unsaturated/α-hetero) is 1. The second kappa shape index (κ2) is 4.36. The number of hydrogen-bond acceptors (Lipinski definition) is 3. The van der Waals surface area contributed by atoms with Gasteiger partial charge in [-0.3, -0.25) is 9.78 Å². The molecular formula is C9H10N2O3. The van der Waals surface area contributed by atoms with Gasteiger partial charge in [-0.25, -0.2) is 4.79 Å². The average Bonchev–Trinajstić information content (AvgIpc) is 2.17. The van der Waals surface area contributed by atoms with Gasteiger partial charge >= 0.3 is 6.09 Å². The van der Waals surface area contributed by atoms with Gasteiger partial charge in [0.15, 0.2) is 5.78 Å². The van der Waals surface area contributed by atoms with E-state index >= 15 is 0 Å². The van der Waals surface area contributed by atoms with E-state index in [1.807, 2.05) is 0 Å². The van der Waals surface area contributed by atoms with Crippen molar-refractivity contribution in [2.24, 2.45) is 0 Å². The van der Waals surface area contributed by atoms with Crippen molar-refractivity contribution in [1.29, 1.82) is 0 Å². The molecule has 2 N–H and O–H groups in total. The zero-order chi connectivity index (χ0) is 10.6. The Balaban J connectivity index is 2.71. The molecule has 1 rings (SSSR count). The molecular weight excluding hydrogens is 184 g/mol. The van der Waals surface area contributed by atoms with Crippen LogP contribution in [0.15, 0.2) is 24.5 Å². The Bertz CT molecular complexity index is 337. The van der Waals surface area contributed by atoms with Crippen molar-refractivity contribution in [3.05, 3.63) is 30.1 Å². The Kier molecular flexibility index (Phi) is 3.17. The molecule has 0 aliphatic carbocycles. The maximum absolute atomic E-state index is 11.5.